The van der Waals surface area contributed by atoms with E-state index in [1.165, 1.54) is 0 Å². The Kier molecular flexibility index (Phi) is 8.93. The molecule has 8 heteroatoms. The molecule has 0 aromatic heterocycles. The number of hydrogen-bond donors (Lipinski definition) is 0. The minimum atomic E-state index is -0.165. The number of carbonyl (C=O) groups is 1. The molecule has 4 rings (SSSR count). The second kappa shape index (κ2) is 12.1. The molecule has 0 N–H and O–H groups in total. The number of rotatable bonds is 8. The van der Waals surface area contributed by atoms with Crippen LogP contribution in [-0.2, 0) is 11.3 Å². The summed E-state index contributed by atoms with van der Waals surface area (Å²) in [5, 5.41) is 1.51. The Labute approximate surface area is 221 Å². The standard InChI is InChI=1S/C27H27Cl3N2O3/c1-34-23-7-3-5-20(15-23)26(35-18-19-4-2-6-22(28)14-19)17-31-10-12-32(13-11-31)27(33)21-8-9-24(29)25(30)16-21/h2-9,14-16,26H,10-13,17-18H2,1H3/t26-/m0/s1. The highest BCUT2D eigenvalue weighted by Gasteiger charge is 2.25. The molecular weight excluding hydrogens is 507 g/mol. The van der Waals surface area contributed by atoms with E-state index in [1.807, 2.05) is 47.4 Å². The lowest BCUT2D eigenvalue weighted by Crippen LogP contribution is -2.49. The van der Waals surface area contributed by atoms with E-state index in [2.05, 4.69) is 11.0 Å². The Balaban J connectivity index is 1.41. The average Bonchev–Trinajstić information content (AvgIpc) is 2.88. The molecule has 1 heterocycles. The maximum absolute atomic E-state index is 12.9. The summed E-state index contributed by atoms with van der Waals surface area (Å²) in [5.74, 6) is 0.751. The van der Waals surface area contributed by atoms with Crippen LogP contribution in [0.3, 0.4) is 0 Å². The molecule has 5 nitrogen and oxygen atoms in total. The molecule has 3 aromatic rings. The predicted molar refractivity (Wildman–Crippen MR) is 141 cm³/mol. The van der Waals surface area contributed by atoms with Gasteiger partial charge >= 0.3 is 0 Å². The second-order valence-electron chi connectivity index (χ2n) is 8.43. The molecule has 0 radical (unpaired) electrons. The summed E-state index contributed by atoms with van der Waals surface area (Å²) in [7, 11) is 1.66. The van der Waals surface area contributed by atoms with Crippen LogP contribution in [-0.4, -0.2) is 55.5 Å². The molecule has 3 aromatic carbocycles. The van der Waals surface area contributed by atoms with E-state index < -0.39 is 0 Å². The molecule has 0 unspecified atom stereocenters. The first-order valence-corrected chi connectivity index (χ1v) is 12.5. The fraction of sp³-hybridized carbons (Fsp3) is 0.296. The van der Waals surface area contributed by atoms with Crippen LogP contribution >= 0.6 is 34.8 Å². The lowest BCUT2D eigenvalue weighted by atomic mass is 10.1. The largest absolute Gasteiger partial charge is 0.497 e. The molecule has 1 aliphatic rings. The fourth-order valence-corrected chi connectivity index (χ4v) is 4.61. The maximum Gasteiger partial charge on any atom is 0.253 e. The number of carbonyl (C=O) groups excluding carboxylic acids is 1. The van der Waals surface area contributed by atoms with Crippen molar-refractivity contribution in [2.75, 3.05) is 39.8 Å². The zero-order valence-electron chi connectivity index (χ0n) is 19.4. The van der Waals surface area contributed by atoms with Crippen LogP contribution in [0.25, 0.3) is 0 Å². The number of hydrogen-bond acceptors (Lipinski definition) is 4. The van der Waals surface area contributed by atoms with Crippen molar-refractivity contribution in [2.45, 2.75) is 12.7 Å². The number of benzene rings is 3. The van der Waals surface area contributed by atoms with Crippen LogP contribution in [0.2, 0.25) is 15.1 Å². The molecule has 0 saturated carbocycles. The Morgan fingerprint density at radius 2 is 1.69 bits per heavy atom. The quantitative estimate of drug-likeness (QED) is 0.337. The van der Waals surface area contributed by atoms with Crippen LogP contribution in [0.4, 0.5) is 0 Å². The summed E-state index contributed by atoms with van der Waals surface area (Å²) in [5.41, 5.74) is 2.61. The first-order chi connectivity index (χ1) is 16.9. The summed E-state index contributed by atoms with van der Waals surface area (Å²) >= 11 is 18.2. The van der Waals surface area contributed by atoms with Gasteiger partial charge in [-0.25, -0.2) is 0 Å². The van der Waals surface area contributed by atoms with Crippen LogP contribution in [0.1, 0.15) is 27.6 Å². The van der Waals surface area contributed by atoms with Gasteiger partial charge in [-0.15, -0.1) is 0 Å². The highest BCUT2D eigenvalue weighted by molar-refractivity contribution is 6.42. The molecule has 1 atom stereocenters. The van der Waals surface area contributed by atoms with Gasteiger partial charge in [-0.05, 0) is 53.6 Å². The summed E-state index contributed by atoms with van der Waals surface area (Å²) in [6.07, 6.45) is -0.165. The van der Waals surface area contributed by atoms with Crippen molar-refractivity contribution < 1.29 is 14.3 Å². The van der Waals surface area contributed by atoms with Crippen molar-refractivity contribution in [1.29, 1.82) is 0 Å². The third-order valence-electron chi connectivity index (χ3n) is 6.06. The van der Waals surface area contributed by atoms with E-state index >= 15 is 0 Å². The Hall–Kier alpha value is -2.28. The second-order valence-corrected chi connectivity index (χ2v) is 9.68. The number of ether oxygens (including phenoxy) is 2. The Morgan fingerprint density at radius 1 is 0.914 bits per heavy atom. The highest BCUT2D eigenvalue weighted by atomic mass is 35.5. The van der Waals surface area contributed by atoms with Crippen molar-refractivity contribution in [2.24, 2.45) is 0 Å². The Bertz CT molecular complexity index is 1170. The van der Waals surface area contributed by atoms with E-state index in [4.69, 9.17) is 44.3 Å². The zero-order valence-corrected chi connectivity index (χ0v) is 21.7. The first kappa shape index (κ1) is 25.8. The van der Waals surface area contributed by atoms with Gasteiger partial charge in [0.15, 0.2) is 0 Å². The molecule has 1 aliphatic heterocycles. The predicted octanol–water partition coefficient (Wildman–Crippen LogP) is 6.37. The van der Waals surface area contributed by atoms with Gasteiger partial charge in [0, 0.05) is 43.3 Å². The van der Waals surface area contributed by atoms with Crippen LogP contribution < -0.4 is 4.74 Å². The fourth-order valence-electron chi connectivity index (χ4n) is 4.10. The maximum atomic E-state index is 12.9. The molecule has 184 valence electrons. The van der Waals surface area contributed by atoms with E-state index in [-0.39, 0.29) is 12.0 Å². The average molecular weight is 534 g/mol. The van der Waals surface area contributed by atoms with Gasteiger partial charge < -0.3 is 14.4 Å². The highest BCUT2D eigenvalue weighted by Crippen LogP contribution is 2.26. The summed E-state index contributed by atoms with van der Waals surface area (Å²) < 4.78 is 11.8. The summed E-state index contributed by atoms with van der Waals surface area (Å²) in [6, 6.07) is 20.6. The summed E-state index contributed by atoms with van der Waals surface area (Å²) in [6.45, 7) is 3.87. The van der Waals surface area contributed by atoms with Crippen molar-refractivity contribution >= 4 is 40.7 Å². The van der Waals surface area contributed by atoms with Crippen molar-refractivity contribution in [3.8, 4) is 5.75 Å². The summed E-state index contributed by atoms with van der Waals surface area (Å²) in [4.78, 5) is 17.1. The van der Waals surface area contributed by atoms with Crippen LogP contribution in [0, 0.1) is 0 Å². The van der Waals surface area contributed by atoms with E-state index in [0.29, 0.717) is 46.9 Å². The van der Waals surface area contributed by atoms with Gasteiger partial charge in [0.2, 0.25) is 0 Å². The molecule has 35 heavy (non-hydrogen) atoms. The number of nitrogens with zero attached hydrogens (tertiary/aromatic N) is 2. The monoisotopic (exact) mass is 532 g/mol. The molecule has 0 aliphatic carbocycles. The van der Waals surface area contributed by atoms with Gasteiger partial charge in [0.1, 0.15) is 5.75 Å². The van der Waals surface area contributed by atoms with Crippen molar-refractivity contribution in [3.05, 3.63) is 98.5 Å². The minimum absolute atomic E-state index is 0.0373. The minimum Gasteiger partial charge on any atom is -0.497 e. The molecule has 1 fully saturated rings. The number of piperazine rings is 1. The van der Waals surface area contributed by atoms with Gasteiger partial charge in [-0.1, -0.05) is 59.1 Å². The third kappa shape index (κ3) is 6.90. The molecular formula is C27H27Cl3N2O3. The normalized spacial score (nSPS) is 15.1. The number of halogens is 3. The molecule has 1 amide bonds. The van der Waals surface area contributed by atoms with Crippen LogP contribution in [0.15, 0.2) is 66.7 Å². The van der Waals surface area contributed by atoms with Gasteiger partial charge in [0.05, 0.1) is 29.9 Å². The van der Waals surface area contributed by atoms with Crippen LogP contribution in [0.5, 0.6) is 5.75 Å². The molecule has 0 bridgehead atoms. The number of amides is 1. The lowest BCUT2D eigenvalue weighted by Gasteiger charge is -2.36. The van der Waals surface area contributed by atoms with E-state index in [9.17, 15) is 4.79 Å². The first-order valence-electron chi connectivity index (χ1n) is 11.4. The van der Waals surface area contributed by atoms with E-state index in [1.54, 1.807) is 25.3 Å². The smallest absolute Gasteiger partial charge is 0.253 e. The SMILES string of the molecule is COc1cccc([C@H](CN2CCN(C(=O)c3ccc(Cl)c(Cl)c3)CC2)OCc2cccc(Cl)c2)c1. The van der Waals surface area contributed by atoms with Gasteiger partial charge in [0.25, 0.3) is 5.91 Å². The zero-order chi connectivity index (χ0) is 24.8. The third-order valence-corrected chi connectivity index (χ3v) is 7.03. The lowest BCUT2D eigenvalue weighted by molar-refractivity contribution is 0.00333. The number of methoxy groups -OCH3 is 1. The van der Waals surface area contributed by atoms with Gasteiger partial charge in [-0.2, -0.15) is 0 Å². The topological polar surface area (TPSA) is 42.0 Å². The van der Waals surface area contributed by atoms with Crippen molar-refractivity contribution in [1.82, 2.24) is 9.80 Å². The van der Waals surface area contributed by atoms with E-state index in [0.717, 1.165) is 30.0 Å². The van der Waals surface area contributed by atoms with Crippen molar-refractivity contribution in [3.63, 3.8) is 0 Å². The molecule has 0 spiro atoms. The Morgan fingerprint density at radius 3 is 2.40 bits per heavy atom. The van der Waals surface area contributed by atoms with Gasteiger partial charge in [-0.3, -0.25) is 9.69 Å². The molecule has 1 saturated heterocycles.